The van der Waals surface area contributed by atoms with Gasteiger partial charge in [0.2, 0.25) is 0 Å². The van der Waals surface area contributed by atoms with Crippen LogP contribution in [0.3, 0.4) is 0 Å². The Hall–Kier alpha value is -0.765. The minimum atomic E-state index is -3.16. The fourth-order valence-electron chi connectivity index (χ4n) is 2.76. The summed E-state index contributed by atoms with van der Waals surface area (Å²) in [5, 5.41) is 31.3. The molecule has 128 valence electrons. The number of unbranched alkanes of at least 4 members (excludes halogenated alkanes) is 1. The number of benzene rings is 1. The molecule has 0 spiro atoms. The molecule has 0 saturated carbocycles. The normalized spacial score (nSPS) is 18.1. The summed E-state index contributed by atoms with van der Waals surface area (Å²) in [4.78, 5) is 11.4. The molecule has 9 heteroatoms. The molecule has 0 bridgehead atoms. The van der Waals surface area contributed by atoms with Gasteiger partial charge in [0.25, 0.3) is 0 Å². The summed E-state index contributed by atoms with van der Waals surface area (Å²) in [6, 6.07) is 3.15. The fourth-order valence-corrected chi connectivity index (χ4v) is 2.76. The van der Waals surface area contributed by atoms with Crippen LogP contribution in [0, 0.1) is 0 Å². The molecule has 7 nitrogen and oxygen atoms in total. The van der Waals surface area contributed by atoms with Crippen LogP contribution in [-0.4, -0.2) is 43.1 Å². The van der Waals surface area contributed by atoms with Crippen molar-refractivity contribution >= 4 is 12.7 Å². The number of hydrogen-bond donors (Lipinski definition) is 2. The van der Waals surface area contributed by atoms with Crippen molar-refractivity contribution in [2.45, 2.75) is 32.0 Å². The third kappa shape index (κ3) is 4.87. The van der Waals surface area contributed by atoms with Crippen LogP contribution in [0.2, 0.25) is 6.32 Å². The van der Waals surface area contributed by atoms with E-state index in [0.29, 0.717) is 12.2 Å². The molecular formula is C15H21BNaO7-. The van der Waals surface area contributed by atoms with Crippen LogP contribution < -0.4 is 44.1 Å². The topological polar surface area (TPSA) is 108 Å². The molecular weight excluding hydrogens is 326 g/mol. The molecule has 1 aliphatic heterocycles. The van der Waals surface area contributed by atoms with Crippen LogP contribution in [0.25, 0.3) is 0 Å². The van der Waals surface area contributed by atoms with Crippen molar-refractivity contribution in [1.29, 1.82) is 0 Å². The van der Waals surface area contributed by atoms with Crippen molar-refractivity contribution in [1.82, 2.24) is 0 Å². The number of aromatic carboxylic acids is 1. The van der Waals surface area contributed by atoms with Gasteiger partial charge in [-0.3, -0.25) is 0 Å². The molecule has 2 rings (SSSR count). The zero-order chi connectivity index (χ0) is 17.0. The second kappa shape index (κ2) is 9.08. The van der Waals surface area contributed by atoms with Gasteiger partial charge in [-0.25, -0.2) is 0 Å². The Morgan fingerprint density at radius 1 is 1.46 bits per heavy atom. The number of fused-ring (bicyclic) bond motifs is 1. The van der Waals surface area contributed by atoms with Crippen LogP contribution >= 0.6 is 0 Å². The first-order valence-electron chi connectivity index (χ1n) is 7.69. The Morgan fingerprint density at radius 3 is 2.75 bits per heavy atom. The molecule has 1 atom stereocenters. The molecule has 0 saturated heterocycles. The third-order valence-corrected chi connectivity index (χ3v) is 3.87. The van der Waals surface area contributed by atoms with Gasteiger partial charge in [-0.1, -0.05) is 25.7 Å². The Morgan fingerprint density at radius 2 is 2.17 bits per heavy atom. The van der Waals surface area contributed by atoms with E-state index in [0.717, 1.165) is 12.8 Å². The number of methoxy groups -OCH3 is 1. The monoisotopic (exact) mass is 347 g/mol. The van der Waals surface area contributed by atoms with Gasteiger partial charge < -0.3 is 34.1 Å². The number of carbonyl (C=O) groups is 1. The summed E-state index contributed by atoms with van der Waals surface area (Å²) >= 11 is 0. The first kappa shape index (κ1) is 21.3. The van der Waals surface area contributed by atoms with E-state index < -0.39 is 12.7 Å². The van der Waals surface area contributed by atoms with Crippen molar-refractivity contribution in [3.63, 3.8) is 0 Å². The van der Waals surface area contributed by atoms with E-state index in [1.54, 1.807) is 6.07 Å². The Kier molecular flexibility index (Phi) is 8.05. The summed E-state index contributed by atoms with van der Waals surface area (Å²) in [6.45, 7) is -0.313. The van der Waals surface area contributed by atoms with Gasteiger partial charge >= 0.3 is 36.3 Å². The summed E-state index contributed by atoms with van der Waals surface area (Å²) in [5.41, 5.74) is 0.222. The van der Waals surface area contributed by atoms with E-state index in [2.05, 4.69) is 0 Å². The molecule has 2 N–H and O–H groups in total. The number of carboxylic acids is 1. The molecule has 1 aliphatic rings. The summed E-state index contributed by atoms with van der Waals surface area (Å²) in [7, 11) is 1.32. The molecule has 1 aromatic carbocycles. The van der Waals surface area contributed by atoms with Crippen molar-refractivity contribution in [2.75, 3.05) is 20.3 Å². The Bertz CT molecular complexity index is 579. The number of carbonyl (C=O) groups excluding carboxylic acids is 1. The van der Waals surface area contributed by atoms with E-state index in [1.165, 1.54) is 13.2 Å². The first-order valence-corrected chi connectivity index (χ1v) is 7.69. The molecule has 0 amide bonds. The van der Waals surface area contributed by atoms with Gasteiger partial charge in [-0.05, 0) is 24.0 Å². The van der Waals surface area contributed by atoms with Gasteiger partial charge in [0.15, 0.2) is 0 Å². The second-order valence-electron chi connectivity index (χ2n) is 5.69. The number of rotatable bonds is 7. The smallest absolute Gasteiger partial charge is 0.669 e. The van der Waals surface area contributed by atoms with Crippen molar-refractivity contribution < 1.29 is 63.6 Å². The molecule has 0 radical (unpaired) electrons. The van der Waals surface area contributed by atoms with E-state index in [4.69, 9.17) is 14.1 Å². The number of ether oxygens (including phenoxy) is 2. The van der Waals surface area contributed by atoms with Crippen LogP contribution in [0.5, 0.6) is 11.5 Å². The van der Waals surface area contributed by atoms with E-state index in [-0.39, 0.29) is 65.5 Å². The molecule has 0 fully saturated rings. The van der Waals surface area contributed by atoms with Gasteiger partial charge in [0.1, 0.15) is 5.75 Å². The zero-order valence-electron chi connectivity index (χ0n) is 14.3. The van der Waals surface area contributed by atoms with E-state index >= 15 is 0 Å². The standard InChI is InChI=1S/C15H22BO7.Na/c1-3-4-7-22-9-10-8-16(19,20)23-14-11(10)5-6-12(21-2)13(14)15(17)18;/h5-6,10,19-20H,3-4,7-9H2,1-2H3,(H,17,18);/q-1;+1/p-1. The van der Waals surface area contributed by atoms with Gasteiger partial charge in [-0.15, -0.1) is 0 Å². The molecule has 1 aromatic rings. The SMILES string of the molecule is CCCCOCC1C[B-](O)(O)Oc2c1ccc(OC)c2C(=O)[O-].[Na+]. The first-order chi connectivity index (χ1) is 10.9. The maximum atomic E-state index is 11.4. The van der Waals surface area contributed by atoms with Gasteiger partial charge in [0, 0.05) is 6.61 Å². The quantitative estimate of drug-likeness (QED) is 0.408. The largest absolute Gasteiger partial charge is 1.00 e. The van der Waals surface area contributed by atoms with Gasteiger partial charge in [0.05, 0.1) is 31.0 Å². The maximum absolute atomic E-state index is 11.4. The number of carboxylic acid groups (broad SMARTS) is 1. The van der Waals surface area contributed by atoms with Crippen LogP contribution in [0.4, 0.5) is 0 Å². The summed E-state index contributed by atoms with van der Waals surface area (Å²) in [5.74, 6) is -1.96. The predicted molar refractivity (Wildman–Crippen MR) is 81.4 cm³/mol. The van der Waals surface area contributed by atoms with Crippen molar-refractivity contribution in [2.24, 2.45) is 0 Å². The molecule has 1 heterocycles. The second-order valence-corrected chi connectivity index (χ2v) is 5.69. The average molecular weight is 347 g/mol. The van der Waals surface area contributed by atoms with Crippen LogP contribution in [0.15, 0.2) is 12.1 Å². The molecule has 1 unspecified atom stereocenters. The minimum absolute atomic E-state index is 0. The van der Waals surface area contributed by atoms with Crippen LogP contribution in [0.1, 0.15) is 41.6 Å². The van der Waals surface area contributed by atoms with Crippen molar-refractivity contribution in [3.05, 3.63) is 23.3 Å². The number of hydrogen-bond acceptors (Lipinski definition) is 7. The molecule has 24 heavy (non-hydrogen) atoms. The Balaban J connectivity index is 0.00000288. The Labute approximate surface area is 163 Å². The van der Waals surface area contributed by atoms with Crippen molar-refractivity contribution in [3.8, 4) is 11.5 Å². The molecule has 0 aromatic heterocycles. The average Bonchev–Trinajstić information content (AvgIpc) is 2.48. The molecule has 0 aliphatic carbocycles. The zero-order valence-corrected chi connectivity index (χ0v) is 16.3. The summed E-state index contributed by atoms with van der Waals surface area (Å²) in [6.07, 6.45) is 1.83. The van der Waals surface area contributed by atoms with Crippen LogP contribution in [-0.2, 0) is 4.74 Å². The minimum Gasteiger partial charge on any atom is -0.669 e. The van der Waals surface area contributed by atoms with E-state index in [9.17, 15) is 19.9 Å². The van der Waals surface area contributed by atoms with E-state index in [1.807, 2.05) is 6.92 Å². The maximum Gasteiger partial charge on any atom is 1.00 e. The summed E-state index contributed by atoms with van der Waals surface area (Å²) < 4.78 is 15.7. The van der Waals surface area contributed by atoms with Gasteiger partial charge in [-0.2, -0.15) is 0 Å². The predicted octanol–water partition coefficient (Wildman–Crippen LogP) is -2.72. The third-order valence-electron chi connectivity index (χ3n) is 3.87. The fraction of sp³-hybridized carbons (Fsp3) is 0.533.